The van der Waals surface area contributed by atoms with Gasteiger partial charge in [-0.25, -0.2) is 0 Å². The van der Waals surface area contributed by atoms with E-state index in [2.05, 4.69) is 0 Å². The molecular formula is C14H15NO2. The van der Waals surface area contributed by atoms with Crippen molar-refractivity contribution in [3.63, 3.8) is 0 Å². The zero-order valence-electron chi connectivity index (χ0n) is 9.90. The molecule has 0 amide bonds. The van der Waals surface area contributed by atoms with E-state index in [0.29, 0.717) is 17.2 Å². The first-order valence-electron chi connectivity index (χ1n) is 5.40. The van der Waals surface area contributed by atoms with Gasteiger partial charge in [-0.15, -0.1) is 0 Å². The minimum Gasteiger partial charge on any atom is -0.508 e. The van der Waals surface area contributed by atoms with Gasteiger partial charge in [0.1, 0.15) is 17.2 Å². The fourth-order valence-electron chi connectivity index (χ4n) is 1.47. The maximum Gasteiger partial charge on any atom is 0.131 e. The molecule has 2 rings (SSSR count). The molecule has 0 aliphatic rings. The van der Waals surface area contributed by atoms with Crippen molar-refractivity contribution in [1.29, 1.82) is 0 Å². The van der Waals surface area contributed by atoms with Gasteiger partial charge in [0.15, 0.2) is 0 Å². The van der Waals surface area contributed by atoms with Gasteiger partial charge in [0.2, 0.25) is 0 Å². The Morgan fingerprint density at radius 3 is 2.12 bits per heavy atom. The third kappa shape index (κ3) is 2.50. The summed E-state index contributed by atoms with van der Waals surface area (Å²) in [6.07, 6.45) is 0. The zero-order chi connectivity index (χ0) is 12.4. The molecule has 0 atom stereocenters. The van der Waals surface area contributed by atoms with Gasteiger partial charge in [-0.3, -0.25) is 0 Å². The summed E-state index contributed by atoms with van der Waals surface area (Å²) in [5.74, 6) is 1.48. The van der Waals surface area contributed by atoms with Gasteiger partial charge in [0.25, 0.3) is 0 Å². The quantitative estimate of drug-likeness (QED) is 0.776. The number of phenols is 1. The number of aromatic hydroxyl groups is 1. The third-order valence-corrected chi connectivity index (χ3v) is 2.67. The predicted molar refractivity (Wildman–Crippen MR) is 68.5 cm³/mol. The second kappa shape index (κ2) is 4.37. The summed E-state index contributed by atoms with van der Waals surface area (Å²) in [4.78, 5) is 0. The van der Waals surface area contributed by atoms with Crippen molar-refractivity contribution in [2.45, 2.75) is 13.8 Å². The fourth-order valence-corrected chi connectivity index (χ4v) is 1.47. The molecule has 2 aromatic carbocycles. The van der Waals surface area contributed by atoms with Crippen LogP contribution in [0.4, 0.5) is 5.69 Å². The van der Waals surface area contributed by atoms with Crippen molar-refractivity contribution in [3.05, 3.63) is 47.5 Å². The molecule has 17 heavy (non-hydrogen) atoms. The molecule has 0 spiro atoms. The lowest BCUT2D eigenvalue weighted by Gasteiger charge is -2.08. The minimum atomic E-state index is 0.225. The average Bonchev–Trinajstić information content (AvgIpc) is 2.29. The Hall–Kier alpha value is -2.16. The summed E-state index contributed by atoms with van der Waals surface area (Å²) in [5.41, 5.74) is 8.33. The molecule has 0 fully saturated rings. The van der Waals surface area contributed by atoms with Gasteiger partial charge >= 0.3 is 0 Å². The summed E-state index contributed by atoms with van der Waals surface area (Å²) < 4.78 is 5.61. The zero-order valence-corrected chi connectivity index (χ0v) is 9.90. The number of ether oxygens (including phenoxy) is 1. The lowest BCUT2D eigenvalue weighted by Crippen LogP contribution is -1.91. The number of nitrogen functional groups attached to an aromatic ring is 1. The highest BCUT2D eigenvalue weighted by atomic mass is 16.5. The molecule has 0 heterocycles. The number of aryl methyl sites for hydroxylation is 2. The second-order valence-corrected chi connectivity index (χ2v) is 4.07. The Labute approximate surface area is 100 Å². The van der Waals surface area contributed by atoms with E-state index < -0.39 is 0 Å². The molecule has 0 aliphatic heterocycles. The highest BCUT2D eigenvalue weighted by Gasteiger charge is 2.02. The molecule has 2 aromatic rings. The molecule has 0 bridgehead atoms. The molecule has 0 aromatic heterocycles. The number of rotatable bonds is 2. The maximum atomic E-state index is 9.57. The van der Waals surface area contributed by atoms with E-state index in [4.69, 9.17) is 10.5 Å². The van der Waals surface area contributed by atoms with E-state index in [0.717, 1.165) is 11.1 Å². The number of nitrogens with two attached hydrogens (primary N) is 1. The Morgan fingerprint density at radius 1 is 0.941 bits per heavy atom. The van der Waals surface area contributed by atoms with Crippen LogP contribution >= 0.6 is 0 Å². The van der Waals surface area contributed by atoms with Crippen molar-refractivity contribution >= 4 is 5.69 Å². The Bertz CT molecular complexity index is 500. The summed E-state index contributed by atoms with van der Waals surface area (Å²) >= 11 is 0. The lowest BCUT2D eigenvalue weighted by atomic mass is 10.2. The van der Waals surface area contributed by atoms with E-state index in [9.17, 15) is 5.11 Å². The summed E-state index contributed by atoms with van der Waals surface area (Å²) in [6, 6.07) is 10.7. The van der Waals surface area contributed by atoms with Crippen LogP contribution in [0.15, 0.2) is 36.4 Å². The number of phenolic OH excluding ortho intramolecular Hbond substituents is 1. The molecule has 0 saturated carbocycles. The van der Waals surface area contributed by atoms with Gasteiger partial charge < -0.3 is 15.6 Å². The van der Waals surface area contributed by atoms with Gasteiger partial charge in [-0.2, -0.15) is 0 Å². The predicted octanol–water partition coefficient (Wildman–Crippen LogP) is 3.38. The molecule has 0 saturated heterocycles. The van der Waals surface area contributed by atoms with E-state index in [1.54, 1.807) is 12.1 Å². The third-order valence-electron chi connectivity index (χ3n) is 2.67. The average molecular weight is 229 g/mol. The van der Waals surface area contributed by atoms with Gasteiger partial charge in [-0.05, 0) is 37.1 Å². The lowest BCUT2D eigenvalue weighted by molar-refractivity contribution is 0.452. The first kappa shape index (κ1) is 11.3. The Morgan fingerprint density at radius 2 is 1.53 bits per heavy atom. The molecule has 0 radical (unpaired) electrons. The number of hydrogen-bond donors (Lipinski definition) is 2. The Balaban J connectivity index is 2.25. The van der Waals surface area contributed by atoms with E-state index in [1.807, 2.05) is 38.1 Å². The molecule has 3 heteroatoms. The summed E-state index contributed by atoms with van der Waals surface area (Å²) in [7, 11) is 0. The van der Waals surface area contributed by atoms with Crippen LogP contribution in [0, 0.1) is 13.8 Å². The number of benzene rings is 2. The minimum absolute atomic E-state index is 0.225. The van der Waals surface area contributed by atoms with Gasteiger partial charge in [0.05, 0.1) is 0 Å². The van der Waals surface area contributed by atoms with Gasteiger partial charge in [-0.1, -0.05) is 12.1 Å². The van der Waals surface area contributed by atoms with Crippen LogP contribution in [0.2, 0.25) is 0 Å². The fraction of sp³-hybridized carbons (Fsp3) is 0.143. The largest absolute Gasteiger partial charge is 0.508 e. The standard InChI is InChI=1S/C14H15NO2/c1-9-3-5-11(7-13(9)15)17-12-6-4-10(2)14(16)8-12/h3-8,16H,15H2,1-2H3. The van der Waals surface area contributed by atoms with Crippen LogP contribution in [-0.4, -0.2) is 5.11 Å². The smallest absolute Gasteiger partial charge is 0.131 e. The highest BCUT2D eigenvalue weighted by molar-refractivity contribution is 5.51. The SMILES string of the molecule is Cc1ccc(Oc2ccc(C)c(O)c2)cc1N. The van der Waals surface area contributed by atoms with Gasteiger partial charge in [0, 0.05) is 17.8 Å². The van der Waals surface area contributed by atoms with Crippen LogP contribution in [0.5, 0.6) is 17.2 Å². The topological polar surface area (TPSA) is 55.5 Å². The van der Waals surface area contributed by atoms with Crippen molar-refractivity contribution in [2.24, 2.45) is 0 Å². The summed E-state index contributed by atoms with van der Waals surface area (Å²) in [5, 5.41) is 9.57. The van der Waals surface area contributed by atoms with Crippen LogP contribution in [-0.2, 0) is 0 Å². The second-order valence-electron chi connectivity index (χ2n) is 4.07. The monoisotopic (exact) mass is 229 g/mol. The molecule has 3 nitrogen and oxygen atoms in total. The molecule has 0 unspecified atom stereocenters. The normalized spacial score (nSPS) is 10.2. The molecule has 88 valence electrons. The number of hydrogen-bond acceptors (Lipinski definition) is 3. The molecule has 3 N–H and O–H groups in total. The van der Waals surface area contributed by atoms with Crippen molar-refractivity contribution in [3.8, 4) is 17.2 Å². The van der Waals surface area contributed by atoms with Crippen molar-refractivity contribution in [2.75, 3.05) is 5.73 Å². The van der Waals surface area contributed by atoms with Crippen LogP contribution in [0.1, 0.15) is 11.1 Å². The summed E-state index contributed by atoms with van der Waals surface area (Å²) in [6.45, 7) is 3.78. The van der Waals surface area contributed by atoms with Crippen LogP contribution in [0.25, 0.3) is 0 Å². The van der Waals surface area contributed by atoms with Crippen molar-refractivity contribution < 1.29 is 9.84 Å². The van der Waals surface area contributed by atoms with E-state index in [1.165, 1.54) is 0 Å². The first-order chi connectivity index (χ1) is 8.06. The molecule has 0 aliphatic carbocycles. The van der Waals surface area contributed by atoms with Crippen LogP contribution < -0.4 is 10.5 Å². The number of anilines is 1. The van der Waals surface area contributed by atoms with Crippen LogP contribution in [0.3, 0.4) is 0 Å². The van der Waals surface area contributed by atoms with E-state index in [-0.39, 0.29) is 5.75 Å². The molecular weight excluding hydrogens is 214 g/mol. The maximum absolute atomic E-state index is 9.57. The van der Waals surface area contributed by atoms with Crippen molar-refractivity contribution in [1.82, 2.24) is 0 Å². The van der Waals surface area contributed by atoms with E-state index >= 15 is 0 Å². The Kier molecular flexibility index (Phi) is 2.91. The highest BCUT2D eigenvalue weighted by Crippen LogP contribution is 2.28. The first-order valence-corrected chi connectivity index (χ1v) is 5.40.